The van der Waals surface area contributed by atoms with Gasteiger partial charge in [0, 0.05) is 25.9 Å². The standard InChI is InChI=1S/C14H21NO3/c1-3-17-13-6-4-12(5-7-13)15(8-9-16-2)10-14-11-18-14/h4-7,14H,3,8-11H2,1-2H3. The number of anilines is 1. The van der Waals surface area contributed by atoms with E-state index in [4.69, 9.17) is 14.2 Å². The van der Waals surface area contributed by atoms with E-state index in [0.29, 0.717) is 12.7 Å². The van der Waals surface area contributed by atoms with Crippen LogP contribution in [0.2, 0.25) is 0 Å². The number of rotatable bonds is 8. The molecule has 0 amide bonds. The Morgan fingerprint density at radius 3 is 2.61 bits per heavy atom. The lowest BCUT2D eigenvalue weighted by Crippen LogP contribution is -2.31. The van der Waals surface area contributed by atoms with Crippen molar-refractivity contribution in [3.63, 3.8) is 0 Å². The number of methoxy groups -OCH3 is 1. The predicted molar refractivity (Wildman–Crippen MR) is 71.4 cm³/mol. The van der Waals surface area contributed by atoms with Gasteiger partial charge in [-0.1, -0.05) is 0 Å². The van der Waals surface area contributed by atoms with Gasteiger partial charge in [-0.15, -0.1) is 0 Å². The number of epoxide rings is 1. The van der Waals surface area contributed by atoms with Gasteiger partial charge in [0.2, 0.25) is 0 Å². The fraction of sp³-hybridized carbons (Fsp3) is 0.571. The lowest BCUT2D eigenvalue weighted by molar-refractivity contribution is 0.204. The maximum absolute atomic E-state index is 5.45. The van der Waals surface area contributed by atoms with Gasteiger partial charge in [0.15, 0.2) is 0 Å². The molecular weight excluding hydrogens is 230 g/mol. The normalized spacial score (nSPS) is 17.6. The molecule has 1 aromatic rings. The molecule has 0 aromatic heterocycles. The first kappa shape index (κ1) is 13.2. The first-order valence-corrected chi connectivity index (χ1v) is 6.42. The second kappa shape index (κ2) is 6.61. The molecule has 1 aliphatic rings. The molecule has 0 aliphatic carbocycles. The molecule has 1 aromatic carbocycles. The Hall–Kier alpha value is -1.26. The maximum Gasteiger partial charge on any atom is 0.119 e. The predicted octanol–water partition coefficient (Wildman–Crippen LogP) is 1.94. The van der Waals surface area contributed by atoms with Crippen LogP contribution in [-0.4, -0.2) is 46.1 Å². The molecule has 1 unspecified atom stereocenters. The van der Waals surface area contributed by atoms with Crippen LogP contribution in [0, 0.1) is 0 Å². The summed E-state index contributed by atoms with van der Waals surface area (Å²) in [5, 5.41) is 0. The van der Waals surface area contributed by atoms with Gasteiger partial charge in [-0.2, -0.15) is 0 Å². The van der Waals surface area contributed by atoms with Crippen LogP contribution in [0.1, 0.15) is 6.92 Å². The van der Waals surface area contributed by atoms with Crippen molar-refractivity contribution in [2.45, 2.75) is 13.0 Å². The van der Waals surface area contributed by atoms with Crippen LogP contribution in [-0.2, 0) is 9.47 Å². The molecule has 0 spiro atoms. The third-order valence-electron chi connectivity index (χ3n) is 2.90. The van der Waals surface area contributed by atoms with E-state index < -0.39 is 0 Å². The summed E-state index contributed by atoms with van der Waals surface area (Å²) in [6.45, 7) is 6.09. The minimum absolute atomic E-state index is 0.383. The van der Waals surface area contributed by atoms with Crippen LogP contribution in [0.4, 0.5) is 5.69 Å². The summed E-state index contributed by atoms with van der Waals surface area (Å²) in [6.07, 6.45) is 0.383. The molecule has 4 heteroatoms. The lowest BCUT2D eigenvalue weighted by atomic mass is 10.2. The van der Waals surface area contributed by atoms with Crippen molar-refractivity contribution in [1.29, 1.82) is 0 Å². The Balaban J connectivity index is 1.98. The summed E-state index contributed by atoms with van der Waals surface area (Å²) in [5.41, 5.74) is 1.19. The topological polar surface area (TPSA) is 34.2 Å². The molecule has 1 saturated heterocycles. The summed E-state index contributed by atoms with van der Waals surface area (Å²) in [6, 6.07) is 8.19. The average molecular weight is 251 g/mol. The largest absolute Gasteiger partial charge is 0.494 e. The molecule has 18 heavy (non-hydrogen) atoms. The van der Waals surface area contributed by atoms with Crippen LogP contribution < -0.4 is 9.64 Å². The highest BCUT2D eigenvalue weighted by atomic mass is 16.6. The van der Waals surface area contributed by atoms with Gasteiger partial charge >= 0.3 is 0 Å². The van der Waals surface area contributed by atoms with Crippen LogP contribution in [0.5, 0.6) is 5.75 Å². The SMILES string of the molecule is CCOc1ccc(N(CCOC)CC2CO2)cc1. The van der Waals surface area contributed by atoms with Crippen molar-refractivity contribution in [1.82, 2.24) is 0 Å². The Labute approximate surface area is 108 Å². The summed E-state index contributed by atoms with van der Waals surface area (Å²) in [5.74, 6) is 0.913. The van der Waals surface area contributed by atoms with Crippen molar-refractivity contribution in [3.8, 4) is 5.75 Å². The zero-order valence-corrected chi connectivity index (χ0v) is 11.1. The first-order chi connectivity index (χ1) is 8.83. The molecule has 1 aliphatic heterocycles. The highest BCUT2D eigenvalue weighted by Gasteiger charge is 2.25. The van der Waals surface area contributed by atoms with Gasteiger partial charge in [0.05, 0.1) is 25.9 Å². The van der Waals surface area contributed by atoms with E-state index >= 15 is 0 Å². The van der Waals surface area contributed by atoms with Gasteiger partial charge in [0.25, 0.3) is 0 Å². The summed E-state index contributed by atoms with van der Waals surface area (Å²) in [4.78, 5) is 2.29. The van der Waals surface area contributed by atoms with E-state index in [9.17, 15) is 0 Å². The molecule has 0 N–H and O–H groups in total. The molecule has 0 radical (unpaired) electrons. The van der Waals surface area contributed by atoms with E-state index in [1.54, 1.807) is 7.11 Å². The van der Waals surface area contributed by atoms with Crippen LogP contribution >= 0.6 is 0 Å². The quantitative estimate of drug-likeness (QED) is 0.661. The summed E-state index contributed by atoms with van der Waals surface area (Å²) in [7, 11) is 1.73. The fourth-order valence-electron chi connectivity index (χ4n) is 1.87. The van der Waals surface area contributed by atoms with Crippen LogP contribution in [0.15, 0.2) is 24.3 Å². The Morgan fingerprint density at radius 1 is 1.33 bits per heavy atom. The number of hydrogen-bond acceptors (Lipinski definition) is 4. The van der Waals surface area contributed by atoms with E-state index in [1.807, 2.05) is 19.1 Å². The molecular formula is C14H21NO3. The Kier molecular flexibility index (Phi) is 4.84. The van der Waals surface area contributed by atoms with Crippen molar-refractivity contribution in [3.05, 3.63) is 24.3 Å². The number of benzene rings is 1. The smallest absolute Gasteiger partial charge is 0.119 e. The molecule has 0 bridgehead atoms. The highest BCUT2D eigenvalue weighted by Crippen LogP contribution is 2.22. The minimum atomic E-state index is 0.383. The molecule has 0 saturated carbocycles. The molecule has 1 heterocycles. The molecule has 100 valence electrons. The monoisotopic (exact) mass is 251 g/mol. The maximum atomic E-state index is 5.45. The van der Waals surface area contributed by atoms with Crippen molar-refractivity contribution < 1.29 is 14.2 Å². The second-order valence-corrected chi connectivity index (χ2v) is 4.32. The summed E-state index contributed by atoms with van der Waals surface area (Å²) < 4.78 is 15.9. The van der Waals surface area contributed by atoms with E-state index in [-0.39, 0.29) is 0 Å². The molecule has 1 atom stereocenters. The van der Waals surface area contributed by atoms with Gasteiger partial charge in [-0.05, 0) is 31.2 Å². The van der Waals surface area contributed by atoms with E-state index in [0.717, 1.165) is 32.1 Å². The van der Waals surface area contributed by atoms with Crippen molar-refractivity contribution in [2.24, 2.45) is 0 Å². The number of ether oxygens (including phenoxy) is 3. The number of nitrogens with zero attached hydrogens (tertiary/aromatic N) is 1. The van der Waals surface area contributed by atoms with Crippen LogP contribution in [0.25, 0.3) is 0 Å². The van der Waals surface area contributed by atoms with Gasteiger partial charge < -0.3 is 19.1 Å². The molecule has 2 rings (SSSR count). The average Bonchev–Trinajstić information content (AvgIpc) is 3.20. The summed E-state index contributed by atoms with van der Waals surface area (Å²) >= 11 is 0. The lowest BCUT2D eigenvalue weighted by Gasteiger charge is -2.23. The Bertz CT molecular complexity index is 349. The second-order valence-electron chi connectivity index (χ2n) is 4.32. The van der Waals surface area contributed by atoms with E-state index in [1.165, 1.54) is 5.69 Å². The third-order valence-corrected chi connectivity index (χ3v) is 2.90. The highest BCUT2D eigenvalue weighted by molar-refractivity contribution is 5.49. The van der Waals surface area contributed by atoms with Gasteiger partial charge in [0.1, 0.15) is 5.75 Å². The first-order valence-electron chi connectivity index (χ1n) is 6.42. The van der Waals surface area contributed by atoms with Gasteiger partial charge in [-0.3, -0.25) is 0 Å². The zero-order valence-electron chi connectivity index (χ0n) is 11.1. The molecule has 1 fully saturated rings. The minimum Gasteiger partial charge on any atom is -0.494 e. The van der Waals surface area contributed by atoms with Crippen molar-refractivity contribution in [2.75, 3.05) is 44.9 Å². The van der Waals surface area contributed by atoms with Crippen LogP contribution in [0.3, 0.4) is 0 Å². The third kappa shape index (κ3) is 3.89. The Morgan fingerprint density at radius 2 is 2.06 bits per heavy atom. The zero-order chi connectivity index (χ0) is 12.8. The van der Waals surface area contributed by atoms with Gasteiger partial charge in [-0.25, -0.2) is 0 Å². The van der Waals surface area contributed by atoms with Crippen molar-refractivity contribution >= 4 is 5.69 Å². The number of hydrogen-bond donors (Lipinski definition) is 0. The van der Waals surface area contributed by atoms with E-state index in [2.05, 4.69) is 17.0 Å². The fourth-order valence-corrected chi connectivity index (χ4v) is 1.87. The molecule has 4 nitrogen and oxygen atoms in total.